The zero-order valence-corrected chi connectivity index (χ0v) is 18.0. The molecule has 1 N–H and O–H groups in total. The smallest absolute Gasteiger partial charge is 0.400 e. The molecule has 0 unspecified atom stereocenters. The summed E-state index contributed by atoms with van der Waals surface area (Å²) in [6.07, 6.45) is 2.03. The summed E-state index contributed by atoms with van der Waals surface area (Å²) in [7, 11) is 1.42. The SMILES string of the molecule is CNCC(=Cc1ccc2c(c1)-c1ccccc1C(=O)C2=O)B1OC(C)(C)C(C)(C)O1. The van der Waals surface area contributed by atoms with Gasteiger partial charge in [-0.25, -0.2) is 0 Å². The first kappa shape index (κ1) is 20.7. The molecule has 1 saturated heterocycles. The van der Waals surface area contributed by atoms with E-state index in [1.807, 2.05) is 65.1 Å². The molecule has 0 radical (unpaired) electrons. The Balaban J connectivity index is 1.76. The van der Waals surface area contributed by atoms with Crippen molar-refractivity contribution in [3.8, 4) is 11.1 Å². The number of carbonyl (C=O) groups is 2. The van der Waals surface area contributed by atoms with Crippen molar-refractivity contribution < 1.29 is 18.9 Å². The third-order valence-corrected chi connectivity index (χ3v) is 6.25. The van der Waals surface area contributed by atoms with Crippen molar-refractivity contribution in [3.63, 3.8) is 0 Å². The molecule has 0 saturated carbocycles. The van der Waals surface area contributed by atoms with E-state index in [-0.39, 0.29) is 0 Å². The lowest BCUT2D eigenvalue weighted by Crippen LogP contribution is -2.41. The lowest BCUT2D eigenvalue weighted by molar-refractivity contribution is 0.00578. The average molecular weight is 403 g/mol. The van der Waals surface area contributed by atoms with Crippen LogP contribution < -0.4 is 5.32 Å². The molecule has 1 aliphatic heterocycles. The number of benzene rings is 2. The minimum Gasteiger partial charge on any atom is -0.400 e. The zero-order chi connectivity index (χ0) is 21.7. The van der Waals surface area contributed by atoms with Crippen molar-refractivity contribution >= 4 is 24.8 Å². The summed E-state index contributed by atoms with van der Waals surface area (Å²) in [4.78, 5) is 25.0. The number of ketones is 2. The highest BCUT2D eigenvalue weighted by atomic mass is 16.7. The van der Waals surface area contributed by atoms with Gasteiger partial charge < -0.3 is 14.6 Å². The molecule has 0 spiro atoms. The van der Waals surface area contributed by atoms with Gasteiger partial charge in [0, 0.05) is 17.7 Å². The van der Waals surface area contributed by atoms with Crippen molar-refractivity contribution in [1.29, 1.82) is 0 Å². The van der Waals surface area contributed by atoms with E-state index in [1.165, 1.54) is 0 Å². The topological polar surface area (TPSA) is 64.6 Å². The van der Waals surface area contributed by atoms with Crippen LogP contribution in [0.2, 0.25) is 0 Å². The molecule has 2 aliphatic rings. The highest BCUT2D eigenvalue weighted by Gasteiger charge is 2.52. The second-order valence-electron chi connectivity index (χ2n) is 8.85. The van der Waals surface area contributed by atoms with Crippen LogP contribution in [0.5, 0.6) is 0 Å². The van der Waals surface area contributed by atoms with E-state index in [2.05, 4.69) is 5.32 Å². The second kappa shape index (κ2) is 7.31. The number of Topliss-reactive ketones (excluding diaryl/α,β-unsaturated/α-hetero) is 2. The Kier molecular flexibility index (Phi) is 5.05. The molecule has 2 aromatic carbocycles. The lowest BCUT2D eigenvalue weighted by atomic mass is 9.76. The van der Waals surface area contributed by atoms with Crippen LogP contribution in [-0.2, 0) is 9.31 Å². The molecule has 4 rings (SSSR count). The van der Waals surface area contributed by atoms with E-state index in [0.29, 0.717) is 17.7 Å². The van der Waals surface area contributed by atoms with Gasteiger partial charge in [-0.2, -0.15) is 0 Å². The summed E-state index contributed by atoms with van der Waals surface area (Å²) >= 11 is 0. The van der Waals surface area contributed by atoms with Gasteiger partial charge in [0.2, 0.25) is 11.6 Å². The van der Waals surface area contributed by atoms with E-state index >= 15 is 0 Å². The first-order valence-corrected chi connectivity index (χ1v) is 10.2. The third kappa shape index (κ3) is 3.35. The number of likely N-dealkylation sites (N-methyl/N-ethyl adjacent to an activating group) is 1. The van der Waals surface area contributed by atoms with Gasteiger partial charge in [-0.1, -0.05) is 36.4 Å². The number of fused-ring (bicyclic) bond motifs is 3. The Morgan fingerprint density at radius 2 is 1.47 bits per heavy atom. The van der Waals surface area contributed by atoms with Crippen molar-refractivity contribution in [2.45, 2.75) is 38.9 Å². The van der Waals surface area contributed by atoms with Crippen molar-refractivity contribution in [2.75, 3.05) is 13.6 Å². The van der Waals surface area contributed by atoms with Gasteiger partial charge in [-0.3, -0.25) is 9.59 Å². The average Bonchev–Trinajstić information content (AvgIpc) is 2.93. The van der Waals surface area contributed by atoms with Crippen LogP contribution >= 0.6 is 0 Å². The molecule has 0 amide bonds. The van der Waals surface area contributed by atoms with Crippen LogP contribution in [0.1, 0.15) is 54.0 Å². The summed E-state index contributed by atoms with van der Waals surface area (Å²) in [5.74, 6) is -0.907. The molecule has 0 aromatic heterocycles. The molecule has 1 aliphatic carbocycles. The highest BCUT2D eigenvalue weighted by Crippen LogP contribution is 2.39. The predicted octanol–water partition coefficient (Wildman–Crippen LogP) is 3.97. The normalized spacial score (nSPS) is 19.6. The maximum atomic E-state index is 12.6. The summed E-state index contributed by atoms with van der Waals surface area (Å²) in [6, 6.07) is 12.8. The maximum Gasteiger partial charge on any atom is 0.491 e. The van der Waals surface area contributed by atoms with Crippen LogP contribution in [-0.4, -0.2) is 43.5 Å². The molecule has 2 aromatic rings. The fourth-order valence-electron chi connectivity index (χ4n) is 3.85. The molecule has 0 bridgehead atoms. The quantitative estimate of drug-likeness (QED) is 0.618. The van der Waals surface area contributed by atoms with Crippen LogP contribution in [0.4, 0.5) is 0 Å². The van der Waals surface area contributed by atoms with E-state index < -0.39 is 29.9 Å². The number of nitrogens with one attached hydrogen (secondary N) is 1. The Morgan fingerprint density at radius 3 is 2.07 bits per heavy atom. The van der Waals surface area contributed by atoms with Gasteiger partial charge in [-0.05, 0) is 69.0 Å². The van der Waals surface area contributed by atoms with Crippen molar-refractivity contribution in [3.05, 3.63) is 64.6 Å². The molecule has 5 nitrogen and oxygen atoms in total. The van der Waals surface area contributed by atoms with Gasteiger partial charge in [-0.15, -0.1) is 0 Å². The third-order valence-electron chi connectivity index (χ3n) is 6.25. The Hall–Kier alpha value is -2.54. The molecule has 1 heterocycles. The molecule has 154 valence electrons. The van der Waals surface area contributed by atoms with Crippen LogP contribution in [0.25, 0.3) is 17.2 Å². The Labute approximate surface area is 177 Å². The first-order chi connectivity index (χ1) is 14.1. The molecule has 1 fully saturated rings. The van der Waals surface area contributed by atoms with Gasteiger partial charge >= 0.3 is 7.12 Å². The Morgan fingerprint density at radius 1 is 0.900 bits per heavy atom. The molecule has 30 heavy (non-hydrogen) atoms. The monoisotopic (exact) mass is 403 g/mol. The number of hydrogen-bond acceptors (Lipinski definition) is 5. The molecule has 0 atom stereocenters. The summed E-state index contributed by atoms with van der Waals surface area (Å²) in [5, 5.41) is 3.18. The highest BCUT2D eigenvalue weighted by molar-refractivity contribution is 6.56. The van der Waals surface area contributed by atoms with Crippen molar-refractivity contribution in [1.82, 2.24) is 5.32 Å². The fraction of sp³-hybridized carbons (Fsp3) is 0.333. The fourth-order valence-corrected chi connectivity index (χ4v) is 3.85. The number of hydrogen-bond donors (Lipinski definition) is 1. The summed E-state index contributed by atoms with van der Waals surface area (Å²) in [6.45, 7) is 8.72. The minimum atomic E-state index is -0.464. The van der Waals surface area contributed by atoms with Gasteiger partial charge in [0.05, 0.1) is 11.2 Å². The van der Waals surface area contributed by atoms with E-state index in [4.69, 9.17) is 9.31 Å². The predicted molar refractivity (Wildman–Crippen MR) is 119 cm³/mol. The molecular formula is C24H26BNO4. The van der Waals surface area contributed by atoms with E-state index in [1.54, 1.807) is 18.2 Å². The van der Waals surface area contributed by atoms with Crippen LogP contribution in [0.15, 0.2) is 47.9 Å². The molecular weight excluding hydrogens is 377 g/mol. The largest absolute Gasteiger partial charge is 0.491 e. The van der Waals surface area contributed by atoms with Crippen molar-refractivity contribution in [2.24, 2.45) is 0 Å². The van der Waals surface area contributed by atoms with Gasteiger partial charge in [0.15, 0.2) is 0 Å². The van der Waals surface area contributed by atoms with E-state index in [0.717, 1.165) is 22.2 Å². The van der Waals surface area contributed by atoms with Gasteiger partial charge in [0.25, 0.3) is 0 Å². The van der Waals surface area contributed by atoms with Gasteiger partial charge in [0.1, 0.15) is 0 Å². The van der Waals surface area contributed by atoms with Crippen LogP contribution in [0, 0.1) is 0 Å². The van der Waals surface area contributed by atoms with E-state index in [9.17, 15) is 9.59 Å². The maximum absolute atomic E-state index is 12.6. The summed E-state index contributed by atoms with van der Waals surface area (Å²) in [5.41, 5.74) is 3.50. The zero-order valence-electron chi connectivity index (χ0n) is 18.0. The second-order valence-corrected chi connectivity index (χ2v) is 8.85. The molecule has 6 heteroatoms. The number of rotatable bonds is 4. The minimum absolute atomic E-state index is 0.425. The standard InChI is InChI=1S/C24H26BNO4/c1-23(2)24(3,4)30-25(29-23)16(14-26-5)12-15-10-11-19-20(13-15)17-8-6-7-9-18(17)21(27)22(19)28/h6-13,26H,14H2,1-5H3. The number of carbonyl (C=O) groups excluding carboxylic acids is 2. The summed E-state index contributed by atoms with van der Waals surface area (Å²) < 4.78 is 12.4. The van der Waals surface area contributed by atoms with Crippen LogP contribution in [0.3, 0.4) is 0 Å². The Bertz CT molecular complexity index is 1050. The lowest BCUT2D eigenvalue weighted by Gasteiger charge is -2.32. The first-order valence-electron chi connectivity index (χ1n) is 10.2.